The second-order valence-electron chi connectivity index (χ2n) is 4.86. The maximum atomic E-state index is 12.4. The summed E-state index contributed by atoms with van der Waals surface area (Å²) in [5.41, 5.74) is 0. The Morgan fingerprint density at radius 2 is 1.77 bits per heavy atom. The van der Waals surface area contributed by atoms with E-state index in [0.717, 1.165) is 19.4 Å². The van der Waals surface area contributed by atoms with Crippen molar-refractivity contribution in [1.29, 1.82) is 0 Å². The first kappa shape index (κ1) is 15.7. The molecule has 0 aliphatic carbocycles. The van der Waals surface area contributed by atoms with Crippen LogP contribution in [0.3, 0.4) is 0 Å². The van der Waals surface area contributed by atoms with Gasteiger partial charge in [-0.05, 0) is 57.4 Å². The fourth-order valence-corrected chi connectivity index (χ4v) is 4.76. The Kier molecular flexibility index (Phi) is 4.63. The third-order valence-corrected chi connectivity index (χ3v) is 6.47. The molecule has 0 unspecified atom stereocenters. The minimum Gasteiger partial charge on any atom is -0.211 e. The van der Waals surface area contributed by atoms with Crippen LogP contribution in [0.25, 0.3) is 10.8 Å². The predicted molar refractivity (Wildman–Crippen MR) is 94.9 cm³/mol. The van der Waals surface area contributed by atoms with Gasteiger partial charge in [-0.1, -0.05) is 30.3 Å². The number of halogens is 1. The second kappa shape index (κ2) is 6.50. The topological polar surface area (TPSA) is 46.2 Å². The van der Waals surface area contributed by atoms with Crippen LogP contribution >= 0.6 is 27.3 Å². The largest absolute Gasteiger partial charge is 0.240 e. The third-order valence-electron chi connectivity index (χ3n) is 3.32. The molecule has 1 aromatic heterocycles. The molecule has 3 rings (SSSR count). The van der Waals surface area contributed by atoms with Crippen LogP contribution in [-0.4, -0.2) is 15.0 Å². The molecular weight excluding hydrogens is 382 g/mol. The van der Waals surface area contributed by atoms with Gasteiger partial charge in [0.1, 0.15) is 0 Å². The van der Waals surface area contributed by atoms with Crippen molar-refractivity contribution in [2.24, 2.45) is 0 Å². The lowest BCUT2D eigenvalue weighted by atomic mass is 10.1. The van der Waals surface area contributed by atoms with E-state index in [4.69, 9.17) is 0 Å². The smallest absolute Gasteiger partial charge is 0.211 e. The summed E-state index contributed by atoms with van der Waals surface area (Å²) >= 11 is 5.02. The van der Waals surface area contributed by atoms with Gasteiger partial charge < -0.3 is 0 Å². The molecule has 3 nitrogen and oxygen atoms in total. The van der Waals surface area contributed by atoms with Gasteiger partial charge in [-0.15, -0.1) is 11.3 Å². The van der Waals surface area contributed by atoms with E-state index >= 15 is 0 Å². The number of hydrogen-bond acceptors (Lipinski definition) is 3. The van der Waals surface area contributed by atoms with Gasteiger partial charge in [-0.25, -0.2) is 13.1 Å². The quantitative estimate of drug-likeness (QED) is 0.703. The monoisotopic (exact) mass is 395 g/mol. The molecular formula is C16H14BrNO2S2. The van der Waals surface area contributed by atoms with Crippen molar-refractivity contribution in [1.82, 2.24) is 4.72 Å². The molecule has 1 heterocycles. The van der Waals surface area contributed by atoms with E-state index in [1.54, 1.807) is 23.5 Å². The molecule has 1 N–H and O–H groups in total. The van der Waals surface area contributed by atoms with E-state index in [0.29, 0.717) is 17.9 Å². The van der Waals surface area contributed by atoms with E-state index < -0.39 is 10.0 Å². The molecule has 0 saturated heterocycles. The highest BCUT2D eigenvalue weighted by Gasteiger charge is 2.13. The lowest BCUT2D eigenvalue weighted by Gasteiger charge is -2.07. The summed E-state index contributed by atoms with van der Waals surface area (Å²) in [7, 11) is -3.47. The molecule has 22 heavy (non-hydrogen) atoms. The average molecular weight is 396 g/mol. The molecule has 0 atom stereocenters. The number of nitrogens with one attached hydrogen (secondary N) is 1. The van der Waals surface area contributed by atoms with E-state index in [2.05, 4.69) is 20.7 Å². The molecule has 0 saturated carbocycles. The van der Waals surface area contributed by atoms with Crippen LogP contribution in [0.15, 0.2) is 63.3 Å². The minimum absolute atomic E-state index is 0.304. The molecule has 6 heteroatoms. The average Bonchev–Trinajstić information content (AvgIpc) is 2.92. The SMILES string of the molecule is O=S(=O)(NCCc1ccc(Br)s1)c1ccc2ccccc2c1. The van der Waals surface area contributed by atoms with E-state index in [1.807, 2.05) is 42.5 Å². The van der Waals surface area contributed by atoms with Crippen molar-refractivity contribution >= 4 is 48.1 Å². The molecule has 0 radical (unpaired) electrons. The van der Waals surface area contributed by atoms with Gasteiger partial charge in [0.15, 0.2) is 0 Å². The van der Waals surface area contributed by atoms with Crippen molar-refractivity contribution in [3.63, 3.8) is 0 Å². The molecule has 0 aliphatic rings. The number of sulfonamides is 1. The molecule has 0 bridgehead atoms. The summed E-state index contributed by atoms with van der Waals surface area (Å²) in [6.45, 7) is 0.391. The van der Waals surface area contributed by atoms with Crippen LogP contribution < -0.4 is 4.72 Å². The predicted octanol–water partition coefficient (Wildman–Crippen LogP) is 4.18. The number of hydrogen-bond donors (Lipinski definition) is 1. The number of benzene rings is 2. The Labute approximate surface area is 142 Å². The van der Waals surface area contributed by atoms with Crippen molar-refractivity contribution in [2.75, 3.05) is 6.54 Å². The summed E-state index contributed by atoms with van der Waals surface area (Å²) < 4.78 is 28.4. The summed E-state index contributed by atoms with van der Waals surface area (Å²) in [6, 6.07) is 16.9. The molecule has 0 fully saturated rings. The second-order valence-corrected chi connectivity index (χ2v) is 9.18. The van der Waals surface area contributed by atoms with Crippen molar-refractivity contribution in [3.05, 3.63) is 63.3 Å². The normalized spacial score (nSPS) is 11.9. The van der Waals surface area contributed by atoms with Gasteiger partial charge in [0.05, 0.1) is 8.68 Å². The Hall–Kier alpha value is -1.21. The molecule has 114 valence electrons. The van der Waals surface area contributed by atoms with Crippen LogP contribution in [0.2, 0.25) is 0 Å². The number of rotatable bonds is 5. The lowest BCUT2D eigenvalue weighted by molar-refractivity contribution is 0.582. The van der Waals surface area contributed by atoms with Crippen molar-refractivity contribution < 1.29 is 8.42 Å². The highest BCUT2D eigenvalue weighted by atomic mass is 79.9. The molecule has 0 aliphatic heterocycles. The summed E-state index contributed by atoms with van der Waals surface area (Å²) in [5, 5.41) is 1.96. The fraction of sp³-hybridized carbons (Fsp3) is 0.125. The van der Waals surface area contributed by atoms with Crippen LogP contribution in [0, 0.1) is 0 Å². The van der Waals surface area contributed by atoms with Crippen LogP contribution in [0.1, 0.15) is 4.88 Å². The van der Waals surface area contributed by atoms with Crippen LogP contribution in [0.4, 0.5) is 0 Å². The number of fused-ring (bicyclic) bond motifs is 1. The fourth-order valence-electron chi connectivity index (χ4n) is 2.21. The van der Waals surface area contributed by atoms with Gasteiger partial charge in [0, 0.05) is 11.4 Å². The van der Waals surface area contributed by atoms with Gasteiger partial charge >= 0.3 is 0 Å². The van der Waals surface area contributed by atoms with Gasteiger partial charge in [0.2, 0.25) is 10.0 Å². The molecule has 2 aromatic carbocycles. The van der Waals surface area contributed by atoms with Crippen molar-refractivity contribution in [3.8, 4) is 0 Å². The summed E-state index contributed by atoms with van der Waals surface area (Å²) in [6.07, 6.45) is 0.684. The van der Waals surface area contributed by atoms with Crippen LogP contribution in [0.5, 0.6) is 0 Å². The van der Waals surface area contributed by atoms with E-state index in [9.17, 15) is 8.42 Å². The summed E-state index contributed by atoms with van der Waals surface area (Å²) in [4.78, 5) is 1.45. The standard InChI is InChI=1S/C16H14BrNO2S2/c17-16-8-6-14(21-16)9-10-18-22(19,20)15-7-5-12-3-1-2-4-13(12)11-15/h1-8,11,18H,9-10H2. The molecule has 0 spiro atoms. The number of thiophene rings is 1. The maximum Gasteiger partial charge on any atom is 0.240 e. The first-order chi connectivity index (χ1) is 10.5. The molecule has 0 amide bonds. The van der Waals surface area contributed by atoms with Crippen LogP contribution in [-0.2, 0) is 16.4 Å². The zero-order valence-electron chi connectivity index (χ0n) is 11.6. The summed E-state index contributed by atoms with van der Waals surface area (Å²) in [5.74, 6) is 0. The van der Waals surface area contributed by atoms with Gasteiger partial charge in [-0.3, -0.25) is 0 Å². The maximum absolute atomic E-state index is 12.4. The third kappa shape index (κ3) is 3.57. The highest BCUT2D eigenvalue weighted by molar-refractivity contribution is 9.11. The Bertz CT molecular complexity index is 903. The highest BCUT2D eigenvalue weighted by Crippen LogP contribution is 2.22. The van der Waals surface area contributed by atoms with Gasteiger partial charge in [-0.2, -0.15) is 0 Å². The van der Waals surface area contributed by atoms with E-state index in [-0.39, 0.29) is 0 Å². The zero-order chi connectivity index (χ0) is 15.6. The Balaban J connectivity index is 1.73. The minimum atomic E-state index is -3.47. The Morgan fingerprint density at radius 1 is 1.00 bits per heavy atom. The lowest BCUT2D eigenvalue weighted by Crippen LogP contribution is -2.25. The van der Waals surface area contributed by atoms with Crippen molar-refractivity contribution in [2.45, 2.75) is 11.3 Å². The van der Waals surface area contributed by atoms with E-state index in [1.165, 1.54) is 0 Å². The zero-order valence-corrected chi connectivity index (χ0v) is 14.8. The van der Waals surface area contributed by atoms with Gasteiger partial charge in [0.25, 0.3) is 0 Å². The first-order valence-electron chi connectivity index (χ1n) is 6.77. The Morgan fingerprint density at radius 3 is 2.50 bits per heavy atom. The molecule has 3 aromatic rings. The first-order valence-corrected chi connectivity index (χ1v) is 9.86.